The molecule has 0 saturated carbocycles. The lowest BCUT2D eigenvalue weighted by Crippen LogP contribution is -2.31. The zero-order valence-corrected chi connectivity index (χ0v) is 20.1. The summed E-state index contributed by atoms with van der Waals surface area (Å²) >= 11 is 0. The van der Waals surface area contributed by atoms with Gasteiger partial charge < -0.3 is 0 Å². The summed E-state index contributed by atoms with van der Waals surface area (Å²) in [5.41, 5.74) is 7.95. The Kier molecular flexibility index (Phi) is 6.04. The van der Waals surface area contributed by atoms with Crippen molar-refractivity contribution < 1.29 is 4.58 Å². The van der Waals surface area contributed by atoms with Crippen LogP contribution in [-0.2, 0) is 0 Å². The third kappa shape index (κ3) is 4.64. The molecule has 1 aliphatic rings. The first kappa shape index (κ1) is 21.4. The Morgan fingerprint density at radius 3 is 2.24 bits per heavy atom. The van der Waals surface area contributed by atoms with Crippen LogP contribution in [0.3, 0.4) is 0 Å². The van der Waals surface area contributed by atoms with E-state index in [-0.39, 0.29) is 0 Å². The molecule has 0 amide bonds. The molecule has 2 aromatic rings. The number of hydrogen-bond donors (Lipinski definition) is 0. The maximum Gasteiger partial charge on any atom is 0.147 e. The van der Waals surface area contributed by atoms with E-state index in [4.69, 9.17) is 0 Å². The van der Waals surface area contributed by atoms with Crippen molar-refractivity contribution in [1.82, 2.24) is 0 Å². The normalized spacial score (nSPS) is 14.9. The average molecular weight is 402 g/mol. The zero-order chi connectivity index (χ0) is 21.3. The van der Waals surface area contributed by atoms with Gasteiger partial charge in [-0.05, 0) is 47.2 Å². The molecule has 0 fully saturated rings. The summed E-state index contributed by atoms with van der Waals surface area (Å²) in [6.45, 7) is 20.7. The Labute approximate surface area is 178 Å². The van der Waals surface area contributed by atoms with E-state index >= 15 is 0 Å². The summed E-state index contributed by atoms with van der Waals surface area (Å²) in [4.78, 5) is 0. The van der Waals surface area contributed by atoms with Crippen molar-refractivity contribution in [2.75, 3.05) is 0 Å². The van der Waals surface area contributed by atoms with E-state index in [0.29, 0.717) is 5.92 Å². The fourth-order valence-corrected chi connectivity index (χ4v) is 5.89. The van der Waals surface area contributed by atoms with Crippen LogP contribution in [-0.4, -0.2) is 19.4 Å². The van der Waals surface area contributed by atoms with Crippen molar-refractivity contribution in [3.05, 3.63) is 88.2 Å². The Morgan fingerprint density at radius 2 is 1.66 bits per heavy atom. The fourth-order valence-electron chi connectivity index (χ4n) is 4.21. The van der Waals surface area contributed by atoms with Gasteiger partial charge in [0.1, 0.15) is 12.2 Å². The Morgan fingerprint density at radius 1 is 1.00 bits per heavy atom. The predicted molar refractivity (Wildman–Crippen MR) is 130 cm³/mol. The van der Waals surface area contributed by atoms with Gasteiger partial charge in [0, 0.05) is 0 Å². The first-order valence-corrected chi connectivity index (χ1v) is 14.1. The van der Waals surface area contributed by atoms with Crippen molar-refractivity contribution in [3.63, 3.8) is 0 Å². The Hall–Kier alpha value is -2.32. The largest absolute Gasteiger partial charge is 0.255 e. The molecule has 0 spiro atoms. The smallest absolute Gasteiger partial charge is 0.147 e. The highest BCUT2D eigenvalue weighted by Gasteiger charge is 2.29. The minimum absolute atomic E-state index is 0.637. The van der Waals surface area contributed by atoms with E-state index in [1.165, 1.54) is 44.6 Å². The van der Waals surface area contributed by atoms with Crippen LogP contribution >= 0.6 is 0 Å². The Balaban J connectivity index is 2.12. The molecular weight excluding hydrogens is 366 g/mol. The predicted octanol–water partition coefficient (Wildman–Crippen LogP) is 7.31. The molecular formula is C27H35NSi. The summed E-state index contributed by atoms with van der Waals surface area (Å²) in [5.74, 6) is 0.637. The number of hydrogen-bond acceptors (Lipinski definition) is 0. The van der Waals surface area contributed by atoms with E-state index in [1.807, 2.05) is 0 Å². The van der Waals surface area contributed by atoms with Crippen LogP contribution in [0.5, 0.6) is 0 Å². The van der Waals surface area contributed by atoms with Crippen molar-refractivity contribution >= 4 is 14.8 Å². The number of nitrogens with zero attached hydrogens (tertiary/aromatic N) is 1. The summed E-state index contributed by atoms with van der Waals surface area (Å²) < 4.78 is 2.10. The molecule has 29 heavy (non-hydrogen) atoms. The number of aryl methyl sites for hydroxylation is 2. The molecule has 152 valence electrons. The van der Waals surface area contributed by atoms with Crippen LogP contribution in [0.25, 0.3) is 11.1 Å². The van der Waals surface area contributed by atoms with Gasteiger partial charge in [0.15, 0.2) is 0 Å². The minimum Gasteiger partial charge on any atom is -0.255 e. The molecule has 0 bridgehead atoms. The first-order chi connectivity index (χ1) is 13.6. The van der Waals surface area contributed by atoms with Crippen LogP contribution in [0.1, 0.15) is 37.0 Å². The van der Waals surface area contributed by atoms with Gasteiger partial charge >= 0.3 is 0 Å². The molecule has 1 nitrogen and oxygen atoms in total. The quantitative estimate of drug-likeness (QED) is 0.281. The molecule has 2 heteroatoms. The molecule has 0 radical (unpaired) electrons. The number of rotatable bonds is 5. The highest BCUT2D eigenvalue weighted by molar-refractivity contribution is 6.84. The van der Waals surface area contributed by atoms with Crippen molar-refractivity contribution in [3.8, 4) is 11.1 Å². The number of benzene rings is 2. The van der Waals surface area contributed by atoms with Crippen LogP contribution < -0.4 is 0 Å². The molecule has 1 heterocycles. The van der Waals surface area contributed by atoms with Crippen LogP contribution in [0.15, 0.2) is 65.5 Å². The summed E-state index contributed by atoms with van der Waals surface area (Å²) in [6, 6.07) is 16.5. The van der Waals surface area contributed by atoms with Gasteiger partial charge in [0.25, 0.3) is 0 Å². The van der Waals surface area contributed by atoms with Gasteiger partial charge in [-0.1, -0.05) is 99.6 Å². The lowest BCUT2D eigenvalue weighted by Gasteiger charge is -2.32. The highest BCUT2D eigenvalue weighted by Crippen LogP contribution is 2.37. The SMILES string of the molecule is C=[N+]1C=C([Si](C)(C)C)C(CC(C)C)=C[C-]1c1cc(-c2ccccc2)c(C)cc1C. The molecule has 0 aliphatic carbocycles. The molecule has 2 aromatic carbocycles. The first-order valence-electron chi connectivity index (χ1n) is 10.6. The second kappa shape index (κ2) is 8.20. The third-order valence-corrected chi connectivity index (χ3v) is 7.69. The van der Waals surface area contributed by atoms with Gasteiger partial charge in [-0.3, -0.25) is 4.58 Å². The van der Waals surface area contributed by atoms with E-state index < -0.39 is 8.07 Å². The number of allylic oxidation sites excluding steroid dienone is 2. The standard InChI is InChI=1S/C27H35NSi/c1-19(2)14-23-16-26(28(5)18-27(23)29(6,7)8)25-17-24(20(3)15-21(25)4)22-12-10-9-11-13-22/h9-13,15-19H,5,14H2,1-4,6-8H3. The maximum atomic E-state index is 4.40. The summed E-state index contributed by atoms with van der Waals surface area (Å²) in [5, 5.41) is 1.53. The molecule has 0 aromatic heterocycles. The van der Waals surface area contributed by atoms with E-state index in [1.54, 1.807) is 0 Å². The van der Waals surface area contributed by atoms with Crippen molar-refractivity contribution in [2.24, 2.45) is 5.92 Å². The van der Waals surface area contributed by atoms with Gasteiger partial charge in [-0.15, -0.1) is 0 Å². The third-order valence-electron chi connectivity index (χ3n) is 5.62. The van der Waals surface area contributed by atoms with E-state index in [9.17, 15) is 0 Å². The lowest BCUT2D eigenvalue weighted by molar-refractivity contribution is -0.418. The van der Waals surface area contributed by atoms with Crippen LogP contribution in [0.2, 0.25) is 19.6 Å². The fraction of sp³-hybridized carbons (Fsp3) is 0.333. The molecule has 0 atom stereocenters. The van der Waals surface area contributed by atoms with Gasteiger partial charge in [-0.2, -0.15) is 0 Å². The maximum absolute atomic E-state index is 4.40. The van der Waals surface area contributed by atoms with Gasteiger partial charge in [-0.25, -0.2) is 0 Å². The molecule has 0 saturated heterocycles. The van der Waals surface area contributed by atoms with E-state index in [0.717, 1.165) is 6.42 Å². The van der Waals surface area contributed by atoms with Crippen molar-refractivity contribution in [2.45, 2.75) is 53.8 Å². The molecule has 0 unspecified atom stereocenters. The molecule has 3 rings (SSSR count). The van der Waals surface area contributed by atoms with E-state index in [2.05, 4.69) is 113 Å². The summed E-state index contributed by atoms with van der Waals surface area (Å²) in [6.07, 6.45) is 5.83. The van der Waals surface area contributed by atoms with Crippen LogP contribution in [0.4, 0.5) is 0 Å². The lowest BCUT2D eigenvalue weighted by atomic mass is 9.89. The Bertz CT molecular complexity index is 972. The average Bonchev–Trinajstić information content (AvgIpc) is 2.63. The summed E-state index contributed by atoms with van der Waals surface area (Å²) in [7, 11) is -1.45. The second-order valence-electron chi connectivity index (χ2n) is 9.76. The second-order valence-corrected chi connectivity index (χ2v) is 14.8. The highest BCUT2D eigenvalue weighted by atomic mass is 28.3. The van der Waals surface area contributed by atoms with Gasteiger partial charge in [0.05, 0.1) is 14.8 Å². The topological polar surface area (TPSA) is 3.01 Å². The van der Waals surface area contributed by atoms with Crippen LogP contribution in [0, 0.1) is 25.8 Å². The minimum atomic E-state index is -1.45. The molecule has 1 aliphatic heterocycles. The monoisotopic (exact) mass is 401 g/mol. The van der Waals surface area contributed by atoms with Gasteiger partial charge in [0.2, 0.25) is 0 Å². The zero-order valence-electron chi connectivity index (χ0n) is 19.1. The van der Waals surface area contributed by atoms with Crippen molar-refractivity contribution in [1.29, 1.82) is 0 Å². The molecule has 0 N–H and O–H groups in total.